The van der Waals surface area contributed by atoms with E-state index in [1.807, 2.05) is 30.3 Å². The molecule has 1 unspecified atom stereocenters. The van der Waals surface area contributed by atoms with Crippen molar-refractivity contribution in [3.8, 4) is 5.75 Å². The summed E-state index contributed by atoms with van der Waals surface area (Å²) in [7, 11) is -7.67. The summed E-state index contributed by atoms with van der Waals surface area (Å²) in [6.07, 6.45) is 1.60. The largest absolute Gasteiger partial charge is 0.493 e. The SMILES string of the molecule is NCc1c(OCCCc2ccccc2)ccc2c1C(S(=O)(=O)c1ccccc1)CS2(=O)=O. The number of aryl methyl sites for hydroxylation is 1. The van der Waals surface area contributed by atoms with Crippen LogP contribution in [-0.4, -0.2) is 29.2 Å². The molecule has 32 heavy (non-hydrogen) atoms. The van der Waals surface area contributed by atoms with Crippen LogP contribution >= 0.6 is 0 Å². The molecule has 0 saturated heterocycles. The Labute approximate surface area is 188 Å². The Morgan fingerprint density at radius 1 is 0.938 bits per heavy atom. The zero-order valence-corrected chi connectivity index (χ0v) is 19.1. The number of benzene rings is 3. The Morgan fingerprint density at radius 3 is 2.25 bits per heavy atom. The second-order valence-corrected chi connectivity index (χ2v) is 11.9. The average Bonchev–Trinajstić information content (AvgIpc) is 3.09. The number of sulfone groups is 2. The fourth-order valence-corrected chi connectivity index (χ4v) is 8.48. The molecular formula is C24H25NO5S2. The van der Waals surface area contributed by atoms with E-state index in [0.717, 1.165) is 12.8 Å². The van der Waals surface area contributed by atoms with Crippen molar-refractivity contribution in [1.82, 2.24) is 0 Å². The predicted octanol–water partition coefficient (Wildman–Crippen LogP) is 3.46. The molecule has 1 aliphatic rings. The van der Waals surface area contributed by atoms with Crippen LogP contribution in [0, 0.1) is 0 Å². The van der Waals surface area contributed by atoms with Crippen LogP contribution in [-0.2, 0) is 32.6 Å². The maximum absolute atomic E-state index is 13.3. The van der Waals surface area contributed by atoms with E-state index < -0.39 is 30.7 Å². The molecule has 1 heterocycles. The molecule has 0 radical (unpaired) electrons. The highest BCUT2D eigenvalue weighted by Crippen LogP contribution is 2.45. The fourth-order valence-electron chi connectivity index (χ4n) is 4.09. The molecule has 0 fully saturated rings. The van der Waals surface area contributed by atoms with E-state index in [4.69, 9.17) is 10.5 Å². The van der Waals surface area contributed by atoms with Crippen molar-refractivity contribution < 1.29 is 21.6 Å². The standard InChI is InChI=1S/C24H25NO5S2/c25-16-20-21(30-15-7-10-18-8-3-1-4-9-18)13-14-22-24(20)23(17-31(22,26)27)32(28,29)19-11-5-2-6-12-19/h1-6,8-9,11-14,23H,7,10,15-17,25H2. The second kappa shape index (κ2) is 9.05. The Hall–Kier alpha value is -2.68. The molecule has 4 rings (SSSR count). The van der Waals surface area contributed by atoms with Gasteiger partial charge in [-0.05, 0) is 48.2 Å². The minimum Gasteiger partial charge on any atom is -0.493 e. The maximum atomic E-state index is 13.3. The van der Waals surface area contributed by atoms with Gasteiger partial charge in [0.05, 0.1) is 22.2 Å². The summed E-state index contributed by atoms with van der Waals surface area (Å²) in [6.45, 7) is 0.386. The average molecular weight is 472 g/mol. The van der Waals surface area contributed by atoms with Crippen LogP contribution in [0.15, 0.2) is 82.6 Å². The first-order valence-corrected chi connectivity index (χ1v) is 13.6. The van der Waals surface area contributed by atoms with Crippen molar-refractivity contribution in [2.75, 3.05) is 12.4 Å². The van der Waals surface area contributed by atoms with E-state index >= 15 is 0 Å². The van der Waals surface area contributed by atoms with Crippen molar-refractivity contribution in [3.05, 3.63) is 89.5 Å². The molecule has 0 saturated carbocycles. The highest BCUT2D eigenvalue weighted by atomic mass is 32.2. The van der Waals surface area contributed by atoms with Crippen molar-refractivity contribution in [3.63, 3.8) is 0 Å². The van der Waals surface area contributed by atoms with Gasteiger partial charge in [-0.15, -0.1) is 0 Å². The summed E-state index contributed by atoms with van der Waals surface area (Å²) >= 11 is 0. The minimum absolute atomic E-state index is 0.0203. The van der Waals surface area contributed by atoms with Crippen LogP contribution in [0.4, 0.5) is 0 Å². The molecule has 1 aliphatic heterocycles. The van der Waals surface area contributed by atoms with Gasteiger partial charge < -0.3 is 10.5 Å². The third-order valence-corrected chi connectivity index (χ3v) is 9.75. The van der Waals surface area contributed by atoms with Gasteiger partial charge in [-0.2, -0.15) is 0 Å². The van der Waals surface area contributed by atoms with E-state index in [9.17, 15) is 16.8 Å². The Morgan fingerprint density at radius 2 is 1.59 bits per heavy atom. The first kappa shape index (κ1) is 22.5. The third-order valence-electron chi connectivity index (χ3n) is 5.66. The summed E-state index contributed by atoms with van der Waals surface area (Å²) in [5, 5.41) is -1.21. The Balaban J connectivity index is 1.65. The summed E-state index contributed by atoms with van der Waals surface area (Å²) in [4.78, 5) is 0.115. The molecule has 0 spiro atoms. The number of nitrogens with two attached hydrogens (primary N) is 1. The van der Waals surface area contributed by atoms with Gasteiger partial charge in [0, 0.05) is 12.1 Å². The molecule has 168 valence electrons. The minimum atomic E-state index is -3.92. The lowest BCUT2D eigenvalue weighted by molar-refractivity contribution is 0.307. The van der Waals surface area contributed by atoms with E-state index in [2.05, 4.69) is 0 Å². The lowest BCUT2D eigenvalue weighted by atomic mass is 10.0. The van der Waals surface area contributed by atoms with Gasteiger partial charge in [0.2, 0.25) is 0 Å². The summed E-state index contributed by atoms with van der Waals surface area (Å²) in [5.74, 6) is -0.0611. The molecule has 0 aromatic heterocycles. The van der Waals surface area contributed by atoms with E-state index in [-0.39, 0.29) is 21.9 Å². The lowest BCUT2D eigenvalue weighted by Crippen LogP contribution is -2.18. The van der Waals surface area contributed by atoms with Crippen LogP contribution in [0.2, 0.25) is 0 Å². The molecular weight excluding hydrogens is 446 g/mol. The molecule has 0 amide bonds. The zero-order chi connectivity index (χ0) is 22.8. The first-order valence-electron chi connectivity index (χ1n) is 10.4. The first-order chi connectivity index (χ1) is 15.3. The number of ether oxygens (including phenoxy) is 1. The highest BCUT2D eigenvalue weighted by Gasteiger charge is 2.45. The van der Waals surface area contributed by atoms with Gasteiger partial charge in [0.15, 0.2) is 19.7 Å². The second-order valence-electron chi connectivity index (χ2n) is 7.72. The van der Waals surface area contributed by atoms with E-state index in [1.54, 1.807) is 24.3 Å². The van der Waals surface area contributed by atoms with Gasteiger partial charge >= 0.3 is 0 Å². The summed E-state index contributed by atoms with van der Waals surface area (Å²) in [6, 6.07) is 21.0. The molecule has 8 heteroatoms. The quantitative estimate of drug-likeness (QED) is 0.505. The van der Waals surface area contributed by atoms with E-state index in [1.165, 1.54) is 23.8 Å². The lowest BCUT2D eigenvalue weighted by Gasteiger charge is -2.18. The van der Waals surface area contributed by atoms with Crippen molar-refractivity contribution in [1.29, 1.82) is 0 Å². The number of rotatable bonds is 8. The maximum Gasteiger partial charge on any atom is 0.186 e. The smallest absolute Gasteiger partial charge is 0.186 e. The normalized spacial score (nSPS) is 17.1. The van der Waals surface area contributed by atoms with Crippen LogP contribution in [0.5, 0.6) is 5.75 Å². The monoisotopic (exact) mass is 471 g/mol. The molecule has 1 atom stereocenters. The summed E-state index contributed by atoms with van der Waals surface area (Å²) in [5.41, 5.74) is 7.87. The number of hydrogen-bond acceptors (Lipinski definition) is 6. The molecule has 6 nitrogen and oxygen atoms in total. The molecule has 2 N–H and O–H groups in total. The van der Waals surface area contributed by atoms with E-state index in [0.29, 0.717) is 17.9 Å². The Kier molecular flexibility index (Phi) is 6.37. The van der Waals surface area contributed by atoms with Gasteiger partial charge in [-0.25, -0.2) is 16.8 Å². The van der Waals surface area contributed by atoms with Gasteiger partial charge in [-0.3, -0.25) is 0 Å². The fraction of sp³-hybridized carbons (Fsp3) is 0.250. The summed E-state index contributed by atoms with van der Waals surface area (Å²) < 4.78 is 58.2. The topological polar surface area (TPSA) is 104 Å². The van der Waals surface area contributed by atoms with Crippen LogP contribution in [0.1, 0.15) is 28.4 Å². The van der Waals surface area contributed by atoms with Crippen LogP contribution in [0.25, 0.3) is 0 Å². The zero-order valence-electron chi connectivity index (χ0n) is 17.5. The molecule has 3 aromatic rings. The van der Waals surface area contributed by atoms with Gasteiger partial charge in [0.25, 0.3) is 0 Å². The number of hydrogen-bond donors (Lipinski definition) is 1. The van der Waals surface area contributed by atoms with Crippen LogP contribution < -0.4 is 10.5 Å². The molecule has 0 aliphatic carbocycles. The highest BCUT2D eigenvalue weighted by molar-refractivity contribution is 7.96. The van der Waals surface area contributed by atoms with Crippen LogP contribution in [0.3, 0.4) is 0 Å². The van der Waals surface area contributed by atoms with Crippen molar-refractivity contribution in [2.24, 2.45) is 5.73 Å². The van der Waals surface area contributed by atoms with Gasteiger partial charge in [-0.1, -0.05) is 48.5 Å². The predicted molar refractivity (Wildman–Crippen MR) is 123 cm³/mol. The third kappa shape index (κ3) is 4.30. The van der Waals surface area contributed by atoms with Crippen molar-refractivity contribution >= 4 is 19.7 Å². The Bertz CT molecular complexity index is 1310. The van der Waals surface area contributed by atoms with Crippen molar-refractivity contribution in [2.45, 2.75) is 34.4 Å². The molecule has 0 bridgehead atoms. The molecule has 3 aromatic carbocycles. The van der Waals surface area contributed by atoms with Gasteiger partial charge in [0.1, 0.15) is 11.0 Å². The number of fused-ring (bicyclic) bond motifs is 1.